The van der Waals surface area contributed by atoms with E-state index in [4.69, 9.17) is 18.9 Å². The predicted molar refractivity (Wildman–Crippen MR) is 138 cm³/mol. The van der Waals surface area contributed by atoms with E-state index in [0.717, 1.165) is 63.4 Å². The third-order valence-corrected chi connectivity index (χ3v) is 12.3. The van der Waals surface area contributed by atoms with Crippen LogP contribution in [-0.2, 0) is 23.7 Å². The SMILES string of the molecule is COC1C(O)[C@H](O[C@H]2CC[C@]3(C)C4CC[C@]5(C)[C@@H](C6=CC(=O)OC6)CC[C@]5(O)C4CC[C@@H]3C2)OC(C)[C@H]1O. The molecule has 1 saturated heterocycles. The zero-order valence-corrected chi connectivity index (χ0v) is 23.3. The average molecular weight is 535 g/mol. The van der Waals surface area contributed by atoms with Crippen LogP contribution in [0.2, 0.25) is 0 Å². The summed E-state index contributed by atoms with van der Waals surface area (Å²) in [6.07, 6.45) is 6.45. The van der Waals surface area contributed by atoms with Crippen molar-refractivity contribution in [2.75, 3.05) is 13.7 Å². The van der Waals surface area contributed by atoms with Crippen LogP contribution in [0.15, 0.2) is 11.6 Å². The molecule has 0 aromatic carbocycles. The smallest absolute Gasteiger partial charge is 0.331 e. The third kappa shape index (κ3) is 3.88. The molecular formula is C30H46O8. The Labute approximate surface area is 226 Å². The molecule has 0 spiro atoms. The third-order valence-electron chi connectivity index (χ3n) is 12.3. The molecule has 2 aliphatic heterocycles. The topological polar surface area (TPSA) is 115 Å². The largest absolute Gasteiger partial charge is 0.458 e. The quantitative estimate of drug-likeness (QED) is 0.372. The van der Waals surface area contributed by atoms with Crippen LogP contribution in [0.25, 0.3) is 0 Å². The molecule has 5 unspecified atom stereocenters. The van der Waals surface area contributed by atoms with Gasteiger partial charge in [0.15, 0.2) is 6.29 Å². The van der Waals surface area contributed by atoms with Gasteiger partial charge in [-0.15, -0.1) is 0 Å². The second kappa shape index (κ2) is 9.52. The molecule has 6 aliphatic rings. The van der Waals surface area contributed by atoms with E-state index in [1.807, 2.05) is 0 Å². The molecule has 5 fully saturated rings. The standard InChI is InChI=1S/C30H46O8/c1-16-24(32)26(35-4)25(33)27(37-16)38-19-7-10-28(2)18(14-19)5-6-22-21(28)8-11-29(3)20(9-12-30(22,29)34)17-13-23(31)36-15-17/h13,16,18-22,24-27,32-34H,5-12,14-15H2,1-4H3/t16?,18-,19+,20-,21?,22?,24-,25?,26?,27+,28+,29-,30+/m1/s1. The van der Waals surface area contributed by atoms with Crippen molar-refractivity contribution in [1.29, 1.82) is 0 Å². The van der Waals surface area contributed by atoms with Crippen LogP contribution in [0.5, 0.6) is 0 Å². The summed E-state index contributed by atoms with van der Waals surface area (Å²) in [5.41, 5.74) is 0.300. The first kappa shape index (κ1) is 27.2. The van der Waals surface area contributed by atoms with Gasteiger partial charge in [0.05, 0.1) is 17.8 Å². The van der Waals surface area contributed by atoms with Gasteiger partial charge in [0.25, 0.3) is 0 Å². The normalized spacial score (nSPS) is 54.5. The number of cyclic esters (lactones) is 1. The Bertz CT molecular complexity index is 968. The van der Waals surface area contributed by atoms with Gasteiger partial charge in [0, 0.05) is 18.6 Å². The summed E-state index contributed by atoms with van der Waals surface area (Å²) in [6.45, 7) is 6.87. The van der Waals surface area contributed by atoms with Gasteiger partial charge in [0.2, 0.25) is 0 Å². The summed E-state index contributed by atoms with van der Waals surface area (Å²) in [6, 6.07) is 0. The fraction of sp³-hybridized carbons (Fsp3) is 0.900. The highest BCUT2D eigenvalue weighted by atomic mass is 16.7. The second-order valence-corrected chi connectivity index (χ2v) is 13.7. The van der Waals surface area contributed by atoms with Crippen molar-refractivity contribution in [3.8, 4) is 0 Å². The summed E-state index contributed by atoms with van der Waals surface area (Å²) >= 11 is 0. The molecule has 6 rings (SSSR count). The number of rotatable bonds is 4. The van der Waals surface area contributed by atoms with E-state index in [0.29, 0.717) is 18.4 Å². The predicted octanol–water partition coefficient (Wildman–Crippen LogP) is 3.11. The molecule has 0 radical (unpaired) electrons. The Kier molecular flexibility index (Phi) is 6.80. The molecule has 8 nitrogen and oxygen atoms in total. The maximum absolute atomic E-state index is 12.4. The van der Waals surface area contributed by atoms with Crippen molar-refractivity contribution >= 4 is 5.97 Å². The molecule has 214 valence electrons. The molecule has 4 saturated carbocycles. The number of carbonyl (C=O) groups excluding carboxylic acids is 1. The van der Waals surface area contributed by atoms with Crippen LogP contribution in [0.4, 0.5) is 0 Å². The van der Waals surface area contributed by atoms with Crippen molar-refractivity contribution in [3.05, 3.63) is 11.6 Å². The highest BCUT2D eigenvalue weighted by Gasteiger charge is 2.67. The lowest BCUT2D eigenvalue weighted by atomic mass is 9.43. The molecule has 8 heteroatoms. The van der Waals surface area contributed by atoms with E-state index in [2.05, 4.69) is 13.8 Å². The first-order valence-corrected chi connectivity index (χ1v) is 14.8. The summed E-state index contributed by atoms with van der Waals surface area (Å²) in [5, 5.41) is 33.5. The first-order valence-electron chi connectivity index (χ1n) is 14.8. The van der Waals surface area contributed by atoms with Crippen LogP contribution >= 0.6 is 0 Å². The summed E-state index contributed by atoms with van der Waals surface area (Å²) < 4.78 is 22.8. The minimum absolute atomic E-state index is 0.0103. The molecule has 38 heavy (non-hydrogen) atoms. The fourth-order valence-electron chi connectivity index (χ4n) is 10.1. The molecule has 0 aromatic heterocycles. The lowest BCUT2D eigenvalue weighted by Gasteiger charge is -2.64. The fourth-order valence-corrected chi connectivity index (χ4v) is 10.1. The number of esters is 1. The summed E-state index contributed by atoms with van der Waals surface area (Å²) in [4.78, 5) is 11.8. The maximum Gasteiger partial charge on any atom is 0.331 e. The molecular weight excluding hydrogens is 488 g/mol. The number of hydrogen-bond donors (Lipinski definition) is 3. The van der Waals surface area contributed by atoms with Crippen LogP contribution < -0.4 is 0 Å². The van der Waals surface area contributed by atoms with E-state index in [1.165, 1.54) is 7.11 Å². The van der Waals surface area contributed by atoms with Gasteiger partial charge < -0.3 is 34.3 Å². The highest BCUT2D eigenvalue weighted by molar-refractivity contribution is 5.85. The molecule has 0 bridgehead atoms. The van der Waals surface area contributed by atoms with Gasteiger partial charge in [0.1, 0.15) is 24.9 Å². The number of aliphatic hydroxyl groups excluding tert-OH is 2. The minimum Gasteiger partial charge on any atom is -0.458 e. The lowest BCUT2D eigenvalue weighted by Crippen LogP contribution is -2.62. The monoisotopic (exact) mass is 534 g/mol. The van der Waals surface area contributed by atoms with Crippen LogP contribution in [-0.4, -0.2) is 77.4 Å². The van der Waals surface area contributed by atoms with E-state index in [1.54, 1.807) is 13.0 Å². The second-order valence-electron chi connectivity index (χ2n) is 13.7. The van der Waals surface area contributed by atoms with Crippen molar-refractivity contribution in [3.63, 3.8) is 0 Å². The first-order chi connectivity index (χ1) is 18.0. The van der Waals surface area contributed by atoms with Gasteiger partial charge in [-0.3, -0.25) is 0 Å². The molecule has 0 aromatic rings. The Balaban J connectivity index is 1.16. The van der Waals surface area contributed by atoms with E-state index in [9.17, 15) is 20.1 Å². The Morgan fingerprint density at radius 1 is 1.00 bits per heavy atom. The Morgan fingerprint density at radius 2 is 1.79 bits per heavy atom. The van der Waals surface area contributed by atoms with E-state index < -0.39 is 36.3 Å². The lowest BCUT2D eigenvalue weighted by molar-refractivity contribution is -0.313. The number of fused-ring (bicyclic) bond motifs is 5. The van der Waals surface area contributed by atoms with Gasteiger partial charge in [-0.25, -0.2) is 4.79 Å². The molecule has 3 N–H and O–H groups in total. The van der Waals surface area contributed by atoms with Gasteiger partial charge >= 0.3 is 5.97 Å². The van der Waals surface area contributed by atoms with Crippen LogP contribution in [0.3, 0.4) is 0 Å². The Hall–Kier alpha value is -1.03. The van der Waals surface area contributed by atoms with Gasteiger partial charge in [-0.2, -0.15) is 0 Å². The summed E-state index contributed by atoms with van der Waals surface area (Å²) in [7, 11) is 1.49. The summed E-state index contributed by atoms with van der Waals surface area (Å²) in [5.74, 6) is 1.22. The maximum atomic E-state index is 12.4. The van der Waals surface area contributed by atoms with E-state index >= 15 is 0 Å². The van der Waals surface area contributed by atoms with Gasteiger partial charge in [-0.05, 0) is 99.4 Å². The number of hydrogen-bond acceptors (Lipinski definition) is 8. The number of carbonyl (C=O) groups is 1. The van der Waals surface area contributed by atoms with Crippen molar-refractivity contribution in [2.24, 2.45) is 34.5 Å². The van der Waals surface area contributed by atoms with Crippen molar-refractivity contribution in [1.82, 2.24) is 0 Å². The van der Waals surface area contributed by atoms with Crippen molar-refractivity contribution < 1.29 is 39.1 Å². The zero-order chi connectivity index (χ0) is 27.0. The molecule has 13 atom stereocenters. The number of methoxy groups -OCH3 is 1. The van der Waals surface area contributed by atoms with E-state index in [-0.39, 0.29) is 34.7 Å². The van der Waals surface area contributed by atoms with Crippen LogP contribution in [0.1, 0.15) is 78.6 Å². The number of aliphatic hydroxyl groups is 3. The minimum atomic E-state index is -1.04. The highest BCUT2D eigenvalue weighted by Crippen LogP contribution is 2.70. The number of ether oxygens (including phenoxy) is 4. The van der Waals surface area contributed by atoms with Gasteiger partial charge in [-0.1, -0.05) is 13.8 Å². The molecule has 4 aliphatic carbocycles. The average Bonchev–Trinajstić information content (AvgIpc) is 3.43. The zero-order valence-electron chi connectivity index (χ0n) is 23.3. The van der Waals surface area contributed by atoms with Crippen LogP contribution in [0, 0.1) is 34.5 Å². The molecule has 2 heterocycles. The Morgan fingerprint density at radius 3 is 2.50 bits per heavy atom. The van der Waals surface area contributed by atoms with Crippen molar-refractivity contribution in [2.45, 2.75) is 121 Å². The molecule has 0 amide bonds.